The summed E-state index contributed by atoms with van der Waals surface area (Å²) in [6, 6.07) is 5.00. The summed E-state index contributed by atoms with van der Waals surface area (Å²) < 4.78 is 19.7. The van der Waals surface area contributed by atoms with Gasteiger partial charge < -0.3 is 10.5 Å². The fraction of sp³-hybridized carbons (Fsp3) is 0.647. The van der Waals surface area contributed by atoms with Crippen LogP contribution in [0.3, 0.4) is 0 Å². The van der Waals surface area contributed by atoms with E-state index in [1.165, 1.54) is 25.3 Å². The molecule has 0 aliphatic heterocycles. The van der Waals surface area contributed by atoms with Crippen molar-refractivity contribution >= 4 is 0 Å². The van der Waals surface area contributed by atoms with Crippen molar-refractivity contribution in [3.63, 3.8) is 0 Å². The summed E-state index contributed by atoms with van der Waals surface area (Å²) in [4.78, 5) is 0. The number of nitrogens with two attached hydrogens (primary N) is 1. The summed E-state index contributed by atoms with van der Waals surface area (Å²) in [6.45, 7) is 4.16. The Morgan fingerprint density at radius 1 is 1.35 bits per heavy atom. The molecule has 0 radical (unpaired) electrons. The maximum atomic E-state index is 13.7. The van der Waals surface area contributed by atoms with E-state index >= 15 is 0 Å². The second-order valence-electron chi connectivity index (χ2n) is 6.16. The zero-order chi connectivity index (χ0) is 14.5. The van der Waals surface area contributed by atoms with E-state index in [4.69, 9.17) is 10.5 Å². The van der Waals surface area contributed by atoms with Crippen molar-refractivity contribution in [2.24, 2.45) is 11.7 Å². The van der Waals surface area contributed by atoms with Crippen LogP contribution >= 0.6 is 0 Å². The van der Waals surface area contributed by atoms with Gasteiger partial charge in [0.1, 0.15) is 11.6 Å². The van der Waals surface area contributed by atoms with E-state index in [0.717, 1.165) is 24.3 Å². The van der Waals surface area contributed by atoms with E-state index in [1.807, 2.05) is 13.0 Å². The molecule has 0 aromatic heterocycles. The highest BCUT2D eigenvalue weighted by Gasteiger charge is 2.22. The highest BCUT2D eigenvalue weighted by atomic mass is 19.1. The van der Waals surface area contributed by atoms with E-state index in [-0.39, 0.29) is 18.0 Å². The van der Waals surface area contributed by atoms with Crippen LogP contribution in [-0.4, -0.2) is 12.1 Å². The predicted octanol–water partition coefficient (Wildman–Crippen LogP) is 4.06. The van der Waals surface area contributed by atoms with Gasteiger partial charge in [-0.1, -0.05) is 19.8 Å². The number of halogens is 1. The number of hydrogen-bond donors (Lipinski definition) is 1. The first-order valence-corrected chi connectivity index (χ1v) is 7.78. The van der Waals surface area contributed by atoms with Crippen LogP contribution in [-0.2, 0) is 6.42 Å². The lowest BCUT2D eigenvalue weighted by atomic mass is 9.85. The van der Waals surface area contributed by atoms with Crippen molar-refractivity contribution in [3.05, 3.63) is 29.6 Å². The number of rotatable bonds is 5. The van der Waals surface area contributed by atoms with Crippen LogP contribution in [0.4, 0.5) is 4.39 Å². The van der Waals surface area contributed by atoms with Crippen LogP contribution in [0.5, 0.6) is 5.75 Å². The summed E-state index contributed by atoms with van der Waals surface area (Å²) in [5, 5.41) is 0. The molecule has 0 bridgehead atoms. The first-order valence-electron chi connectivity index (χ1n) is 7.78. The van der Waals surface area contributed by atoms with E-state index in [2.05, 4.69) is 6.92 Å². The van der Waals surface area contributed by atoms with Crippen LogP contribution in [0, 0.1) is 11.7 Å². The Hall–Kier alpha value is -1.09. The second kappa shape index (κ2) is 7.07. The van der Waals surface area contributed by atoms with Crippen LogP contribution < -0.4 is 10.5 Å². The van der Waals surface area contributed by atoms with Gasteiger partial charge in [-0.3, -0.25) is 0 Å². The summed E-state index contributed by atoms with van der Waals surface area (Å²) in [5.41, 5.74) is 6.70. The maximum Gasteiger partial charge on any atom is 0.127 e. The molecule has 0 spiro atoms. The molecule has 0 amide bonds. The highest BCUT2D eigenvalue weighted by molar-refractivity contribution is 5.30. The van der Waals surface area contributed by atoms with Gasteiger partial charge in [-0.2, -0.15) is 0 Å². The second-order valence-corrected chi connectivity index (χ2v) is 6.16. The molecule has 0 heterocycles. The lowest BCUT2D eigenvalue weighted by molar-refractivity contribution is 0.121. The van der Waals surface area contributed by atoms with Gasteiger partial charge in [0.2, 0.25) is 0 Å². The van der Waals surface area contributed by atoms with E-state index in [1.54, 1.807) is 6.07 Å². The molecule has 20 heavy (non-hydrogen) atoms. The standard InChI is InChI=1S/C17H26FNO/c1-3-13-5-4-6-16(9-13)20-17-10-14(7-12(2)19)8-15(18)11-17/h8,10-13,16H,3-7,9,19H2,1-2H3. The van der Waals surface area contributed by atoms with Crippen molar-refractivity contribution < 1.29 is 9.13 Å². The molecule has 0 saturated heterocycles. The van der Waals surface area contributed by atoms with Gasteiger partial charge in [-0.25, -0.2) is 4.39 Å². The Kier molecular flexibility index (Phi) is 5.41. The Labute approximate surface area is 121 Å². The largest absolute Gasteiger partial charge is 0.490 e. The molecule has 1 aromatic carbocycles. The van der Waals surface area contributed by atoms with Crippen LogP contribution in [0.15, 0.2) is 18.2 Å². The normalized spacial score (nSPS) is 24.4. The minimum absolute atomic E-state index is 0.0313. The fourth-order valence-electron chi connectivity index (χ4n) is 3.09. The Morgan fingerprint density at radius 2 is 2.15 bits per heavy atom. The lowest BCUT2D eigenvalue weighted by Gasteiger charge is -2.29. The van der Waals surface area contributed by atoms with Gasteiger partial charge in [0.15, 0.2) is 0 Å². The van der Waals surface area contributed by atoms with Gasteiger partial charge in [0.25, 0.3) is 0 Å². The van der Waals surface area contributed by atoms with Gasteiger partial charge >= 0.3 is 0 Å². The topological polar surface area (TPSA) is 35.2 Å². The molecule has 3 heteroatoms. The summed E-state index contributed by atoms with van der Waals surface area (Å²) >= 11 is 0. The molecule has 1 aromatic rings. The molecule has 3 atom stereocenters. The van der Waals surface area contributed by atoms with Gasteiger partial charge in [-0.05, 0) is 56.2 Å². The molecular weight excluding hydrogens is 253 g/mol. The number of ether oxygens (including phenoxy) is 1. The Bertz CT molecular complexity index is 433. The first kappa shape index (κ1) is 15.3. The quantitative estimate of drug-likeness (QED) is 0.882. The predicted molar refractivity (Wildman–Crippen MR) is 80.4 cm³/mol. The third-order valence-corrected chi connectivity index (χ3v) is 4.10. The van der Waals surface area contributed by atoms with Gasteiger partial charge in [0, 0.05) is 12.1 Å². The zero-order valence-electron chi connectivity index (χ0n) is 12.6. The minimum atomic E-state index is -0.235. The van der Waals surface area contributed by atoms with Gasteiger partial charge in [0.05, 0.1) is 6.10 Å². The van der Waals surface area contributed by atoms with Crippen molar-refractivity contribution in [1.82, 2.24) is 0 Å². The zero-order valence-corrected chi connectivity index (χ0v) is 12.6. The monoisotopic (exact) mass is 279 g/mol. The maximum absolute atomic E-state index is 13.7. The molecule has 2 rings (SSSR count). The van der Waals surface area contributed by atoms with Crippen LogP contribution in [0.2, 0.25) is 0 Å². The molecule has 2 nitrogen and oxygen atoms in total. The van der Waals surface area contributed by atoms with Gasteiger partial charge in [-0.15, -0.1) is 0 Å². The third-order valence-electron chi connectivity index (χ3n) is 4.10. The average molecular weight is 279 g/mol. The molecule has 112 valence electrons. The SMILES string of the molecule is CCC1CCCC(Oc2cc(F)cc(CC(C)N)c2)C1. The summed E-state index contributed by atoms with van der Waals surface area (Å²) in [5.74, 6) is 1.18. The Balaban J connectivity index is 2.02. The molecule has 3 unspecified atom stereocenters. The van der Waals surface area contributed by atoms with Crippen LogP contribution in [0.25, 0.3) is 0 Å². The molecule has 2 N–H and O–H groups in total. The lowest BCUT2D eigenvalue weighted by Crippen LogP contribution is -2.25. The van der Waals surface area contributed by atoms with Crippen molar-refractivity contribution in [2.45, 2.75) is 64.5 Å². The van der Waals surface area contributed by atoms with Crippen molar-refractivity contribution in [2.75, 3.05) is 0 Å². The molecule has 1 aliphatic carbocycles. The third kappa shape index (κ3) is 4.48. The van der Waals surface area contributed by atoms with E-state index < -0.39 is 0 Å². The fourth-order valence-corrected chi connectivity index (χ4v) is 3.09. The molecular formula is C17H26FNO. The minimum Gasteiger partial charge on any atom is -0.490 e. The number of benzene rings is 1. The summed E-state index contributed by atoms with van der Waals surface area (Å²) in [7, 11) is 0. The van der Waals surface area contributed by atoms with E-state index in [0.29, 0.717) is 12.2 Å². The molecule has 1 fully saturated rings. The van der Waals surface area contributed by atoms with E-state index in [9.17, 15) is 4.39 Å². The van der Waals surface area contributed by atoms with Crippen molar-refractivity contribution in [1.29, 1.82) is 0 Å². The number of hydrogen-bond acceptors (Lipinski definition) is 2. The average Bonchev–Trinajstić information content (AvgIpc) is 2.37. The van der Waals surface area contributed by atoms with Crippen LogP contribution in [0.1, 0.15) is 51.5 Å². The summed E-state index contributed by atoms with van der Waals surface area (Å²) in [6.07, 6.45) is 6.81. The Morgan fingerprint density at radius 3 is 2.85 bits per heavy atom. The molecule has 1 aliphatic rings. The molecule has 1 saturated carbocycles. The first-order chi connectivity index (χ1) is 9.56. The smallest absolute Gasteiger partial charge is 0.127 e. The highest BCUT2D eigenvalue weighted by Crippen LogP contribution is 2.30. The van der Waals surface area contributed by atoms with Crippen molar-refractivity contribution in [3.8, 4) is 5.75 Å².